The molecule has 1 aromatic carbocycles. The molecule has 0 bridgehead atoms. The molecule has 1 heterocycles. The lowest BCUT2D eigenvalue weighted by molar-refractivity contribution is -0.122. The Morgan fingerprint density at radius 1 is 1.08 bits per heavy atom. The molecule has 1 saturated carbocycles. The Kier molecular flexibility index (Phi) is 10.4. The first-order valence-corrected chi connectivity index (χ1v) is 13.7. The number of nitrogens with zero attached hydrogens (tertiary/aromatic N) is 2. The fourth-order valence-corrected chi connectivity index (χ4v) is 5.02. The van der Waals surface area contributed by atoms with Crippen molar-refractivity contribution in [2.24, 2.45) is 11.8 Å². The zero-order valence-electron chi connectivity index (χ0n) is 23.3. The van der Waals surface area contributed by atoms with E-state index in [4.69, 9.17) is 14.6 Å². The summed E-state index contributed by atoms with van der Waals surface area (Å²) in [6.45, 7) is 9.04. The first-order valence-electron chi connectivity index (χ1n) is 13.7. The average Bonchev–Trinajstić information content (AvgIpc) is 3.56. The van der Waals surface area contributed by atoms with Crippen molar-refractivity contribution >= 4 is 11.8 Å². The molecule has 2 aromatic rings. The van der Waals surface area contributed by atoms with E-state index < -0.39 is 0 Å². The Labute approximate surface area is 221 Å². The Bertz CT molecular complexity index is 1020. The van der Waals surface area contributed by atoms with Gasteiger partial charge in [-0.25, -0.2) is 0 Å². The van der Waals surface area contributed by atoms with E-state index in [0.717, 1.165) is 49.8 Å². The number of hydrogen-bond acceptors (Lipinski definition) is 5. The molecule has 1 aromatic heterocycles. The van der Waals surface area contributed by atoms with Crippen LogP contribution in [0.2, 0.25) is 0 Å². The van der Waals surface area contributed by atoms with Gasteiger partial charge >= 0.3 is 0 Å². The first-order chi connectivity index (χ1) is 17.8. The largest absolute Gasteiger partial charge is 0.496 e. The fourth-order valence-electron chi connectivity index (χ4n) is 5.02. The minimum Gasteiger partial charge on any atom is -0.496 e. The van der Waals surface area contributed by atoms with Gasteiger partial charge in [0.2, 0.25) is 5.91 Å². The fraction of sp³-hybridized carbons (Fsp3) is 0.621. The molecule has 0 saturated heterocycles. The van der Waals surface area contributed by atoms with Crippen LogP contribution in [0.3, 0.4) is 0 Å². The van der Waals surface area contributed by atoms with Gasteiger partial charge in [0, 0.05) is 25.0 Å². The van der Waals surface area contributed by atoms with Crippen molar-refractivity contribution in [3.8, 4) is 22.8 Å². The number of carbonyl (C=O) groups excluding carboxylic acids is 2. The number of rotatable bonds is 13. The molecule has 2 N–H and O–H groups in total. The van der Waals surface area contributed by atoms with Crippen LogP contribution in [0.1, 0.15) is 83.1 Å². The van der Waals surface area contributed by atoms with Crippen LogP contribution in [0, 0.1) is 11.8 Å². The third kappa shape index (κ3) is 7.27. The number of nitrogens with one attached hydrogen (secondary N) is 2. The van der Waals surface area contributed by atoms with Gasteiger partial charge in [0.25, 0.3) is 5.91 Å². The van der Waals surface area contributed by atoms with Crippen LogP contribution in [-0.4, -0.2) is 47.9 Å². The van der Waals surface area contributed by atoms with Crippen LogP contribution in [0.5, 0.6) is 11.5 Å². The maximum Gasteiger partial charge on any atom is 0.272 e. The number of carbonyl (C=O) groups is 2. The van der Waals surface area contributed by atoms with Crippen molar-refractivity contribution < 1.29 is 19.1 Å². The van der Waals surface area contributed by atoms with Crippen molar-refractivity contribution in [3.05, 3.63) is 30.0 Å². The van der Waals surface area contributed by atoms with Gasteiger partial charge in [-0.2, -0.15) is 5.10 Å². The summed E-state index contributed by atoms with van der Waals surface area (Å²) in [7, 11) is 3.24. The van der Waals surface area contributed by atoms with E-state index >= 15 is 0 Å². The molecule has 8 heteroatoms. The van der Waals surface area contributed by atoms with Gasteiger partial charge in [-0.05, 0) is 42.9 Å². The van der Waals surface area contributed by atoms with E-state index in [1.54, 1.807) is 20.3 Å². The quantitative estimate of drug-likeness (QED) is 0.384. The average molecular weight is 513 g/mol. The molecule has 204 valence electrons. The molecule has 2 amide bonds. The van der Waals surface area contributed by atoms with Gasteiger partial charge in [-0.1, -0.05) is 59.4 Å². The maximum absolute atomic E-state index is 13.4. The molecule has 3 rings (SSSR count). The molecule has 37 heavy (non-hydrogen) atoms. The Morgan fingerprint density at radius 3 is 2.24 bits per heavy atom. The predicted octanol–water partition coefficient (Wildman–Crippen LogP) is 5.21. The highest BCUT2D eigenvalue weighted by Gasteiger charge is 2.26. The van der Waals surface area contributed by atoms with E-state index in [-0.39, 0.29) is 36.2 Å². The lowest BCUT2D eigenvalue weighted by atomic mass is 10.00. The molecular weight excluding hydrogens is 468 g/mol. The highest BCUT2D eigenvalue weighted by Crippen LogP contribution is 2.39. The highest BCUT2D eigenvalue weighted by atomic mass is 16.5. The maximum atomic E-state index is 13.4. The van der Waals surface area contributed by atoms with Crippen LogP contribution >= 0.6 is 0 Å². The van der Waals surface area contributed by atoms with E-state index in [9.17, 15) is 9.59 Å². The third-order valence-corrected chi connectivity index (χ3v) is 7.53. The van der Waals surface area contributed by atoms with Crippen molar-refractivity contribution in [2.45, 2.75) is 91.3 Å². The molecule has 1 aliphatic rings. The van der Waals surface area contributed by atoms with Gasteiger partial charge in [0.1, 0.15) is 11.5 Å². The standard InChI is InChI=1S/C29H44N4O4/c1-7-20(8-2)18-33-24(28-25(36-5)14-11-15-26(28)37-6)16-23(32-33)29(35)31-22(19(3)4)17-27(34)30-21-12-9-10-13-21/h11,14-16,19-22H,7-10,12-13,17-18H2,1-6H3,(H,30,34)(H,31,35). The van der Waals surface area contributed by atoms with E-state index in [1.165, 1.54) is 0 Å². The van der Waals surface area contributed by atoms with Crippen LogP contribution in [0.25, 0.3) is 11.3 Å². The smallest absolute Gasteiger partial charge is 0.272 e. The lowest BCUT2D eigenvalue weighted by Crippen LogP contribution is -2.44. The van der Waals surface area contributed by atoms with E-state index in [1.807, 2.05) is 36.7 Å². The number of amides is 2. The minimum absolute atomic E-state index is 0.00962. The molecule has 0 spiro atoms. The van der Waals surface area contributed by atoms with Crippen molar-refractivity contribution in [2.75, 3.05) is 14.2 Å². The normalized spacial score (nSPS) is 14.7. The van der Waals surface area contributed by atoms with Gasteiger partial charge in [0.15, 0.2) is 5.69 Å². The Morgan fingerprint density at radius 2 is 1.70 bits per heavy atom. The summed E-state index contributed by atoms with van der Waals surface area (Å²) in [5, 5.41) is 11.0. The molecule has 1 unspecified atom stereocenters. The van der Waals surface area contributed by atoms with Crippen molar-refractivity contribution in [3.63, 3.8) is 0 Å². The number of benzene rings is 1. The molecule has 1 fully saturated rings. The summed E-state index contributed by atoms with van der Waals surface area (Å²) in [5.74, 6) is 1.52. The zero-order valence-corrected chi connectivity index (χ0v) is 23.3. The van der Waals surface area contributed by atoms with Gasteiger partial charge in [0.05, 0.1) is 25.5 Å². The molecule has 8 nitrogen and oxygen atoms in total. The third-order valence-electron chi connectivity index (χ3n) is 7.53. The van der Waals surface area contributed by atoms with Crippen LogP contribution in [-0.2, 0) is 11.3 Å². The van der Waals surface area contributed by atoms with Crippen LogP contribution in [0.15, 0.2) is 24.3 Å². The molecule has 1 aliphatic carbocycles. The number of aromatic nitrogens is 2. The highest BCUT2D eigenvalue weighted by molar-refractivity contribution is 5.94. The molecule has 1 atom stereocenters. The summed E-state index contributed by atoms with van der Waals surface area (Å²) in [4.78, 5) is 26.1. The molecular formula is C29H44N4O4. The van der Waals surface area contributed by atoms with Crippen molar-refractivity contribution in [1.82, 2.24) is 20.4 Å². The van der Waals surface area contributed by atoms with Gasteiger partial charge < -0.3 is 20.1 Å². The summed E-state index contributed by atoms with van der Waals surface area (Å²) >= 11 is 0. The second-order valence-electron chi connectivity index (χ2n) is 10.4. The van der Waals surface area contributed by atoms with E-state index in [2.05, 4.69) is 24.5 Å². The zero-order chi connectivity index (χ0) is 26.9. The summed E-state index contributed by atoms with van der Waals surface area (Å²) in [6.07, 6.45) is 6.66. The predicted molar refractivity (Wildman–Crippen MR) is 146 cm³/mol. The first kappa shape index (κ1) is 28.5. The van der Waals surface area contributed by atoms with Crippen LogP contribution < -0.4 is 20.1 Å². The molecule has 0 aliphatic heterocycles. The SMILES string of the molecule is CCC(CC)Cn1nc(C(=O)NC(CC(=O)NC2CCCC2)C(C)C)cc1-c1c(OC)cccc1OC. The lowest BCUT2D eigenvalue weighted by Gasteiger charge is -2.22. The summed E-state index contributed by atoms with van der Waals surface area (Å²) in [6, 6.07) is 7.40. The second-order valence-corrected chi connectivity index (χ2v) is 10.4. The van der Waals surface area contributed by atoms with Gasteiger partial charge in [-0.15, -0.1) is 0 Å². The number of methoxy groups -OCH3 is 2. The summed E-state index contributed by atoms with van der Waals surface area (Å²) < 4.78 is 13.2. The van der Waals surface area contributed by atoms with Crippen LogP contribution in [0.4, 0.5) is 0 Å². The van der Waals surface area contributed by atoms with Gasteiger partial charge in [-0.3, -0.25) is 14.3 Å². The number of hydrogen-bond donors (Lipinski definition) is 2. The van der Waals surface area contributed by atoms with E-state index in [0.29, 0.717) is 29.7 Å². The van der Waals surface area contributed by atoms with Crippen molar-refractivity contribution in [1.29, 1.82) is 0 Å². The Balaban J connectivity index is 1.89. The minimum atomic E-state index is -0.290. The Hall–Kier alpha value is -3.03. The second kappa shape index (κ2) is 13.5. The molecule has 0 radical (unpaired) electrons. The topological polar surface area (TPSA) is 94.5 Å². The summed E-state index contributed by atoms with van der Waals surface area (Å²) in [5.41, 5.74) is 1.85. The monoisotopic (exact) mass is 512 g/mol. The number of ether oxygens (including phenoxy) is 2.